The quantitative estimate of drug-likeness (QED) is 0.727. The number of benzene rings is 2. The van der Waals surface area contributed by atoms with Crippen molar-refractivity contribution in [3.8, 4) is 16.9 Å². The summed E-state index contributed by atoms with van der Waals surface area (Å²) in [5.74, 6) is -0.00948. The van der Waals surface area contributed by atoms with Crippen molar-refractivity contribution in [1.82, 2.24) is 20.0 Å². The van der Waals surface area contributed by atoms with Gasteiger partial charge in [0.2, 0.25) is 5.91 Å². The van der Waals surface area contributed by atoms with E-state index in [1.54, 1.807) is 11.7 Å². The van der Waals surface area contributed by atoms with Crippen molar-refractivity contribution in [3.05, 3.63) is 71.9 Å². The minimum atomic E-state index is -0.0393. The van der Waals surface area contributed by atoms with Crippen LogP contribution < -0.4 is 5.32 Å². The highest BCUT2D eigenvalue weighted by molar-refractivity contribution is 6.00. The molecule has 4 rings (SSSR count). The third-order valence-electron chi connectivity index (χ3n) is 5.69. The zero-order valence-electron chi connectivity index (χ0n) is 17.3. The van der Waals surface area contributed by atoms with Crippen LogP contribution in [0.15, 0.2) is 60.8 Å². The molecule has 154 valence electrons. The number of carbonyl (C=O) groups excluding carboxylic acids is 2. The molecule has 0 spiro atoms. The SMILES string of the molecule is CNC(=O)C1CCN(C(=O)c2cn(-c3ccc(C)cc3)nc2-c2ccccc2)CC1. The van der Waals surface area contributed by atoms with E-state index in [9.17, 15) is 9.59 Å². The average Bonchev–Trinajstić information content (AvgIpc) is 3.24. The summed E-state index contributed by atoms with van der Waals surface area (Å²) in [6.07, 6.45) is 3.18. The molecule has 2 amide bonds. The van der Waals surface area contributed by atoms with Gasteiger partial charge in [-0.25, -0.2) is 4.68 Å². The second-order valence-corrected chi connectivity index (χ2v) is 7.72. The van der Waals surface area contributed by atoms with Gasteiger partial charge in [0.25, 0.3) is 5.91 Å². The van der Waals surface area contributed by atoms with Gasteiger partial charge in [0.15, 0.2) is 0 Å². The third-order valence-corrected chi connectivity index (χ3v) is 5.69. The van der Waals surface area contributed by atoms with Gasteiger partial charge in [0, 0.05) is 37.8 Å². The van der Waals surface area contributed by atoms with E-state index >= 15 is 0 Å². The number of hydrogen-bond donors (Lipinski definition) is 1. The largest absolute Gasteiger partial charge is 0.359 e. The van der Waals surface area contributed by atoms with E-state index in [-0.39, 0.29) is 17.7 Å². The number of amides is 2. The third kappa shape index (κ3) is 3.99. The van der Waals surface area contributed by atoms with E-state index in [4.69, 9.17) is 5.10 Å². The van der Waals surface area contributed by atoms with Crippen LogP contribution in [0.3, 0.4) is 0 Å². The van der Waals surface area contributed by atoms with E-state index < -0.39 is 0 Å². The summed E-state index contributed by atoms with van der Waals surface area (Å²) in [5, 5.41) is 7.47. The lowest BCUT2D eigenvalue weighted by molar-refractivity contribution is -0.125. The van der Waals surface area contributed by atoms with Crippen LogP contribution in [0.25, 0.3) is 16.9 Å². The van der Waals surface area contributed by atoms with Crippen LogP contribution in [0.2, 0.25) is 0 Å². The summed E-state index contributed by atoms with van der Waals surface area (Å²) in [4.78, 5) is 27.2. The molecule has 30 heavy (non-hydrogen) atoms. The van der Waals surface area contributed by atoms with Crippen molar-refractivity contribution in [2.45, 2.75) is 19.8 Å². The molecule has 1 aliphatic heterocycles. The molecule has 2 aromatic carbocycles. The molecule has 1 fully saturated rings. The molecule has 2 heterocycles. The monoisotopic (exact) mass is 402 g/mol. The van der Waals surface area contributed by atoms with Gasteiger partial charge in [0.1, 0.15) is 5.69 Å². The predicted octanol–water partition coefficient (Wildman–Crippen LogP) is 3.45. The summed E-state index contributed by atoms with van der Waals surface area (Å²) in [7, 11) is 1.66. The van der Waals surface area contributed by atoms with Crippen molar-refractivity contribution in [2.24, 2.45) is 5.92 Å². The van der Waals surface area contributed by atoms with Gasteiger partial charge in [-0.15, -0.1) is 0 Å². The molecule has 1 N–H and O–H groups in total. The van der Waals surface area contributed by atoms with Gasteiger partial charge in [0.05, 0.1) is 11.3 Å². The fourth-order valence-corrected chi connectivity index (χ4v) is 3.89. The van der Waals surface area contributed by atoms with Crippen LogP contribution >= 0.6 is 0 Å². The Bertz CT molecular complexity index is 1030. The maximum atomic E-state index is 13.4. The standard InChI is InChI=1S/C24H26N4O2/c1-17-8-10-20(11-9-17)28-16-21(22(26-28)18-6-4-3-5-7-18)24(30)27-14-12-19(13-15-27)23(29)25-2/h3-11,16,19H,12-15H2,1-2H3,(H,25,29). The number of nitrogens with one attached hydrogen (secondary N) is 1. The second-order valence-electron chi connectivity index (χ2n) is 7.72. The van der Waals surface area contributed by atoms with E-state index in [1.807, 2.05) is 72.6 Å². The Morgan fingerprint density at radius 1 is 1.00 bits per heavy atom. The Labute approximate surface area is 176 Å². The number of likely N-dealkylation sites (tertiary alicyclic amines) is 1. The van der Waals surface area contributed by atoms with Crippen molar-refractivity contribution < 1.29 is 9.59 Å². The molecule has 0 radical (unpaired) electrons. The van der Waals surface area contributed by atoms with Gasteiger partial charge >= 0.3 is 0 Å². The minimum absolute atomic E-state index is 0.0251. The maximum Gasteiger partial charge on any atom is 0.257 e. The van der Waals surface area contributed by atoms with Crippen molar-refractivity contribution in [1.29, 1.82) is 0 Å². The van der Waals surface area contributed by atoms with Crippen molar-refractivity contribution >= 4 is 11.8 Å². The Morgan fingerprint density at radius 3 is 2.30 bits per heavy atom. The Kier molecular flexibility index (Phi) is 5.65. The number of aromatic nitrogens is 2. The van der Waals surface area contributed by atoms with Crippen molar-refractivity contribution in [3.63, 3.8) is 0 Å². The number of rotatable bonds is 4. The zero-order valence-corrected chi connectivity index (χ0v) is 17.3. The first-order chi connectivity index (χ1) is 14.6. The Morgan fingerprint density at radius 2 is 1.67 bits per heavy atom. The van der Waals surface area contributed by atoms with Gasteiger partial charge in [-0.1, -0.05) is 48.0 Å². The molecular weight excluding hydrogens is 376 g/mol. The highest BCUT2D eigenvalue weighted by Gasteiger charge is 2.29. The Balaban J connectivity index is 1.65. The fraction of sp³-hybridized carbons (Fsp3) is 0.292. The van der Waals surface area contributed by atoms with E-state index in [0.717, 1.165) is 11.3 Å². The zero-order chi connectivity index (χ0) is 21.1. The lowest BCUT2D eigenvalue weighted by Crippen LogP contribution is -2.42. The highest BCUT2D eigenvalue weighted by atomic mass is 16.2. The lowest BCUT2D eigenvalue weighted by Gasteiger charge is -2.31. The Hall–Kier alpha value is -3.41. The first-order valence-corrected chi connectivity index (χ1v) is 10.3. The van der Waals surface area contributed by atoms with Gasteiger partial charge < -0.3 is 10.2 Å². The molecular formula is C24H26N4O2. The minimum Gasteiger partial charge on any atom is -0.359 e. The summed E-state index contributed by atoms with van der Waals surface area (Å²) in [6.45, 7) is 3.18. The van der Waals surface area contributed by atoms with Crippen LogP contribution in [-0.4, -0.2) is 46.6 Å². The average molecular weight is 402 g/mol. The molecule has 1 aromatic heterocycles. The van der Waals surface area contributed by atoms with Crippen LogP contribution in [0, 0.1) is 12.8 Å². The normalized spacial score (nSPS) is 14.5. The number of hydrogen-bond acceptors (Lipinski definition) is 3. The van der Waals surface area contributed by atoms with Gasteiger partial charge in [-0.3, -0.25) is 9.59 Å². The molecule has 0 atom stereocenters. The van der Waals surface area contributed by atoms with E-state index in [1.165, 1.54) is 5.56 Å². The summed E-state index contributed by atoms with van der Waals surface area (Å²) < 4.78 is 1.77. The van der Waals surface area contributed by atoms with Gasteiger partial charge in [-0.05, 0) is 31.9 Å². The second kappa shape index (κ2) is 8.53. The molecule has 1 saturated heterocycles. The summed E-state index contributed by atoms with van der Waals surface area (Å²) >= 11 is 0. The van der Waals surface area contributed by atoms with Crippen LogP contribution in [-0.2, 0) is 4.79 Å². The van der Waals surface area contributed by atoms with E-state index in [0.29, 0.717) is 37.2 Å². The lowest BCUT2D eigenvalue weighted by atomic mass is 9.95. The summed E-state index contributed by atoms with van der Waals surface area (Å²) in [5.41, 5.74) is 4.25. The smallest absolute Gasteiger partial charge is 0.257 e. The number of aryl methyl sites for hydroxylation is 1. The number of carbonyl (C=O) groups is 2. The molecule has 0 unspecified atom stereocenters. The van der Waals surface area contributed by atoms with E-state index in [2.05, 4.69) is 5.32 Å². The molecule has 0 bridgehead atoms. The summed E-state index contributed by atoms with van der Waals surface area (Å²) in [6, 6.07) is 17.8. The maximum absolute atomic E-state index is 13.4. The van der Waals surface area contributed by atoms with Crippen molar-refractivity contribution in [2.75, 3.05) is 20.1 Å². The molecule has 1 aliphatic rings. The van der Waals surface area contributed by atoms with Gasteiger partial charge in [-0.2, -0.15) is 5.10 Å². The molecule has 6 heteroatoms. The van der Waals surface area contributed by atoms with Crippen LogP contribution in [0.1, 0.15) is 28.8 Å². The predicted molar refractivity (Wildman–Crippen MR) is 116 cm³/mol. The topological polar surface area (TPSA) is 67.2 Å². The number of nitrogens with zero attached hydrogens (tertiary/aromatic N) is 3. The molecule has 0 aliphatic carbocycles. The number of piperidine rings is 1. The fourth-order valence-electron chi connectivity index (χ4n) is 3.89. The van der Waals surface area contributed by atoms with Crippen LogP contribution in [0.4, 0.5) is 0 Å². The highest BCUT2D eigenvalue weighted by Crippen LogP contribution is 2.27. The molecule has 6 nitrogen and oxygen atoms in total. The van der Waals surface area contributed by atoms with Crippen LogP contribution in [0.5, 0.6) is 0 Å². The molecule has 0 saturated carbocycles. The first-order valence-electron chi connectivity index (χ1n) is 10.3. The molecule has 3 aromatic rings. The first kappa shape index (κ1) is 19.9.